The maximum absolute atomic E-state index is 10.9. The van der Waals surface area contributed by atoms with Crippen molar-refractivity contribution >= 4 is 0 Å². The van der Waals surface area contributed by atoms with Gasteiger partial charge in [0.25, 0.3) is 0 Å². The van der Waals surface area contributed by atoms with Gasteiger partial charge in [-0.1, -0.05) is 30.3 Å². The lowest BCUT2D eigenvalue weighted by Crippen LogP contribution is -1.91. The molecule has 0 saturated carbocycles. The Morgan fingerprint density at radius 1 is 1.17 bits per heavy atom. The molecule has 5 nitrogen and oxygen atoms in total. The predicted molar refractivity (Wildman–Crippen MR) is 42.0 cm³/mol. The summed E-state index contributed by atoms with van der Waals surface area (Å²) >= 11 is 0. The van der Waals surface area contributed by atoms with Crippen LogP contribution < -0.4 is 0 Å². The second-order valence-electron chi connectivity index (χ2n) is 2.24. The molecule has 0 radical (unpaired) electrons. The summed E-state index contributed by atoms with van der Waals surface area (Å²) in [5.41, 5.74) is 0.720. The van der Waals surface area contributed by atoms with Gasteiger partial charge in [-0.2, -0.15) is 0 Å². The van der Waals surface area contributed by atoms with Crippen molar-refractivity contribution in [1.29, 1.82) is 0 Å². The molecule has 0 spiro atoms. The third kappa shape index (κ3) is 1.01. The van der Waals surface area contributed by atoms with Gasteiger partial charge in [0.15, 0.2) is 5.82 Å². The molecule has 1 aromatic heterocycles. The van der Waals surface area contributed by atoms with Gasteiger partial charge in [-0.15, -0.1) is 5.10 Å². The highest BCUT2D eigenvalue weighted by Gasteiger charge is 2.00. The third-order valence-corrected chi connectivity index (χ3v) is 1.47. The molecular weight excluding hydrogens is 156 g/mol. The highest BCUT2D eigenvalue weighted by Crippen LogP contribution is 2.12. The fourth-order valence-corrected chi connectivity index (χ4v) is 0.935. The van der Waals surface area contributed by atoms with Crippen LogP contribution in [0.3, 0.4) is 0 Å². The summed E-state index contributed by atoms with van der Waals surface area (Å²) in [6, 6.07) is 9.07. The smallest absolute Gasteiger partial charge is 0.177 e. The van der Waals surface area contributed by atoms with Gasteiger partial charge in [0.1, 0.15) is 0 Å². The standard InChI is InChI=1S/C7H5N4O/c12-11-7(8-9-10-11)6-4-2-1-3-5-6/h1-5H/q-1. The van der Waals surface area contributed by atoms with Gasteiger partial charge in [-0.25, -0.2) is 0 Å². The van der Waals surface area contributed by atoms with Crippen LogP contribution in [-0.2, 0) is 0 Å². The van der Waals surface area contributed by atoms with Gasteiger partial charge in [0.05, 0.1) is 0 Å². The minimum absolute atomic E-state index is 0.232. The van der Waals surface area contributed by atoms with Crippen LogP contribution in [0.5, 0.6) is 0 Å². The molecular formula is C7H5N4O-. The molecule has 0 atom stereocenters. The van der Waals surface area contributed by atoms with E-state index >= 15 is 0 Å². The van der Waals surface area contributed by atoms with Crippen molar-refractivity contribution in [2.45, 2.75) is 0 Å². The number of benzene rings is 1. The van der Waals surface area contributed by atoms with E-state index < -0.39 is 0 Å². The van der Waals surface area contributed by atoms with E-state index in [0.29, 0.717) is 4.85 Å². The molecule has 0 saturated heterocycles. The van der Waals surface area contributed by atoms with E-state index in [1.807, 2.05) is 18.2 Å². The van der Waals surface area contributed by atoms with Gasteiger partial charge in [-0.05, 0) is 10.4 Å². The zero-order valence-corrected chi connectivity index (χ0v) is 6.08. The van der Waals surface area contributed by atoms with Gasteiger partial charge in [0.2, 0.25) is 0 Å². The molecule has 0 amide bonds. The lowest BCUT2D eigenvalue weighted by atomic mass is 10.2. The van der Waals surface area contributed by atoms with Crippen LogP contribution >= 0.6 is 0 Å². The van der Waals surface area contributed by atoms with Crippen molar-refractivity contribution in [3.63, 3.8) is 0 Å². The lowest BCUT2D eigenvalue weighted by Gasteiger charge is -2.04. The molecule has 0 aliphatic carbocycles. The van der Waals surface area contributed by atoms with E-state index in [1.165, 1.54) is 0 Å². The van der Waals surface area contributed by atoms with Gasteiger partial charge in [-0.3, -0.25) is 4.85 Å². The summed E-state index contributed by atoms with van der Waals surface area (Å²) in [7, 11) is 0. The quantitative estimate of drug-likeness (QED) is 0.617. The van der Waals surface area contributed by atoms with Crippen molar-refractivity contribution < 1.29 is 0 Å². The number of rotatable bonds is 1. The molecule has 5 heteroatoms. The molecule has 1 heterocycles. The van der Waals surface area contributed by atoms with Gasteiger partial charge < -0.3 is 5.21 Å². The van der Waals surface area contributed by atoms with Crippen molar-refractivity contribution in [2.75, 3.05) is 0 Å². The molecule has 0 fully saturated rings. The molecule has 2 aromatic rings. The highest BCUT2D eigenvalue weighted by atomic mass is 16.5. The van der Waals surface area contributed by atoms with Gasteiger partial charge >= 0.3 is 0 Å². The predicted octanol–water partition coefficient (Wildman–Crippen LogP) is 0.686. The maximum Gasteiger partial charge on any atom is 0.177 e. The molecule has 60 valence electrons. The van der Waals surface area contributed by atoms with Crippen molar-refractivity contribution in [2.24, 2.45) is 0 Å². The monoisotopic (exact) mass is 161 g/mol. The Labute approximate surface area is 68.2 Å². The minimum Gasteiger partial charge on any atom is -0.788 e. The van der Waals surface area contributed by atoms with E-state index in [1.54, 1.807) is 12.1 Å². The Hall–Kier alpha value is -1.91. The molecule has 12 heavy (non-hydrogen) atoms. The Kier molecular flexibility index (Phi) is 1.48. The number of hydrogen-bond acceptors (Lipinski definition) is 4. The average molecular weight is 161 g/mol. The van der Waals surface area contributed by atoms with Crippen LogP contribution in [0.25, 0.3) is 11.4 Å². The summed E-state index contributed by atoms with van der Waals surface area (Å²) in [4.78, 5) is 0.398. The van der Waals surface area contributed by atoms with Crippen LogP contribution in [-0.4, -0.2) is 20.4 Å². The van der Waals surface area contributed by atoms with E-state index in [9.17, 15) is 5.21 Å². The molecule has 1 aromatic carbocycles. The Morgan fingerprint density at radius 3 is 2.50 bits per heavy atom. The Bertz CT molecular complexity index is 370. The summed E-state index contributed by atoms with van der Waals surface area (Å²) in [6.45, 7) is 0. The summed E-state index contributed by atoms with van der Waals surface area (Å²) in [5, 5.41) is 20.9. The van der Waals surface area contributed by atoms with Crippen LogP contribution in [0.1, 0.15) is 0 Å². The summed E-state index contributed by atoms with van der Waals surface area (Å²) in [6.07, 6.45) is 0. The number of hydrogen-bond donors (Lipinski definition) is 0. The number of aromatic nitrogens is 4. The largest absolute Gasteiger partial charge is 0.788 e. The molecule has 0 unspecified atom stereocenters. The van der Waals surface area contributed by atoms with Gasteiger partial charge in [0, 0.05) is 5.56 Å². The van der Waals surface area contributed by atoms with E-state index in [4.69, 9.17) is 0 Å². The number of nitrogens with zero attached hydrogens (tertiary/aromatic N) is 4. The normalized spacial score (nSPS) is 10.0. The lowest BCUT2D eigenvalue weighted by molar-refractivity contribution is 0.794. The molecule has 2 rings (SSSR count). The first-order valence-electron chi connectivity index (χ1n) is 3.39. The topological polar surface area (TPSA) is 66.7 Å². The average Bonchev–Trinajstić information content (AvgIpc) is 2.53. The van der Waals surface area contributed by atoms with E-state index in [-0.39, 0.29) is 5.82 Å². The fraction of sp³-hybridized carbons (Fsp3) is 0. The molecule has 0 aliphatic heterocycles. The van der Waals surface area contributed by atoms with E-state index in [2.05, 4.69) is 15.5 Å². The minimum atomic E-state index is 0.232. The molecule has 0 bridgehead atoms. The van der Waals surface area contributed by atoms with Crippen LogP contribution in [0, 0.1) is 5.21 Å². The van der Waals surface area contributed by atoms with Crippen LogP contribution in [0.4, 0.5) is 0 Å². The second kappa shape index (κ2) is 2.61. The third-order valence-electron chi connectivity index (χ3n) is 1.47. The van der Waals surface area contributed by atoms with Crippen LogP contribution in [0.15, 0.2) is 30.3 Å². The Morgan fingerprint density at radius 2 is 1.92 bits per heavy atom. The van der Waals surface area contributed by atoms with Crippen molar-refractivity contribution in [3.8, 4) is 11.4 Å². The van der Waals surface area contributed by atoms with Crippen molar-refractivity contribution in [3.05, 3.63) is 35.5 Å². The highest BCUT2D eigenvalue weighted by molar-refractivity contribution is 5.53. The molecule has 0 N–H and O–H groups in total. The Balaban J connectivity index is 2.51. The summed E-state index contributed by atoms with van der Waals surface area (Å²) < 4.78 is 0. The fourth-order valence-electron chi connectivity index (χ4n) is 0.935. The zero-order valence-electron chi connectivity index (χ0n) is 6.08. The van der Waals surface area contributed by atoms with E-state index in [0.717, 1.165) is 5.56 Å². The van der Waals surface area contributed by atoms with Crippen molar-refractivity contribution in [1.82, 2.24) is 20.4 Å². The van der Waals surface area contributed by atoms with Crippen LogP contribution in [0.2, 0.25) is 0 Å². The number of tetrazole rings is 1. The second-order valence-corrected chi connectivity index (χ2v) is 2.24. The summed E-state index contributed by atoms with van der Waals surface area (Å²) in [5.74, 6) is 0.232. The zero-order chi connectivity index (χ0) is 8.39. The first-order valence-corrected chi connectivity index (χ1v) is 3.39. The molecule has 0 aliphatic rings. The first kappa shape index (κ1) is 6.78. The maximum atomic E-state index is 10.9. The first-order chi connectivity index (χ1) is 5.88. The SMILES string of the molecule is [O-]n1nnnc1-c1ccccc1.